The Hall–Kier alpha value is -1.81. The van der Waals surface area contributed by atoms with Gasteiger partial charge in [-0.1, -0.05) is 6.07 Å². The van der Waals surface area contributed by atoms with E-state index >= 15 is 0 Å². The predicted molar refractivity (Wildman–Crippen MR) is 56.2 cm³/mol. The number of rotatable bonds is 2. The number of aliphatic hydroxyl groups excluding tert-OH is 1. The van der Waals surface area contributed by atoms with Gasteiger partial charge >= 0.3 is 6.09 Å². The van der Waals surface area contributed by atoms with Crippen LogP contribution in [0.15, 0.2) is 30.5 Å². The number of aliphatic hydroxyl groups is 1. The average molecular weight is 205 g/mol. The molecular formula is C11H11NO3. The zero-order chi connectivity index (χ0) is 10.8. The lowest BCUT2D eigenvalue weighted by Crippen LogP contribution is -2.05. The lowest BCUT2D eigenvalue weighted by atomic mass is 10.1. The Morgan fingerprint density at radius 1 is 1.33 bits per heavy atom. The third kappa shape index (κ3) is 1.71. The van der Waals surface area contributed by atoms with Crippen molar-refractivity contribution in [2.24, 2.45) is 0 Å². The first kappa shape index (κ1) is 9.73. The van der Waals surface area contributed by atoms with Crippen LogP contribution in [-0.2, 0) is 6.42 Å². The normalized spacial score (nSPS) is 10.7. The molecule has 0 amide bonds. The van der Waals surface area contributed by atoms with Gasteiger partial charge in [0.05, 0.1) is 5.52 Å². The maximum atomic E-state index is 10.8. The van der Waals surface area contributed by atoms with Crippen LogP contribution in [0.25, 0.3) is 10.9 Å². The average Bonchev–Trinajstić information content (AvgIpc) is 2.61. The molecule has 4 heteroatoms. The summed E-state index contributed by atoms with van der Waals surface area (Å²) in [6.45, 7) is 0.102. The van der Waals surface area contributed by atoms with Crippen LogP contribution >= 0.6 is 0 Å². The first-order valence-electron chi connectivity index (χ1n) is 4.66. The maximum Gasteiger partial charge on any atom is 0.415 e. The third-order valence-corrected chi connectivity index (χ3v) is 2.36. The number of benzene rings is 1. The molecule has 15 heavy (non-hydrogen) atoms. The van der Waals surface area contributed by atoms with Gasteiger partial charge in [0.1, 0.15) is 0 Å². The lowest BCUT2D eigenvalue weighted by molar-refractivity contribution is 0.197. The summed E-state index contributed by atoms with van der Waals surface area (Å²) in [5.74, 6) is 0. The highest BCUT2D eigenvalue weighted by atomic mass is 16.4. The first-order chi connectivity index (χ1) is 7.22. The largest absolute Gasteiger partial charge is 0.464 e. The Balaban J connectivity index is 2.51. The molecule has 1 heterocycles. The second kappa shape index (κ2) is 3.74. The van der Waals surface area contributed by atoms with Gasteiger partial charge in [0, 0.05) is 18.2 Å². The zero-order valence-corrected chi connectivity index (χ0v) is 8.05. The van der Waals surface area contributed by atoms with E-state index in [1.165, 1.54) is 10.8 Å². The molecule has 0 aliphatic rings. The summed E-state index contributed by atoms with van der Waals surface area (Å²) in [7, 11) is 0. The number of carboxylic acid groups (broad SMARTS) is 1. The quantitative estimate of drug-likeness (QED) is 0.784. The highest BCUT2D eigenvalue weighted by Gasteiger charge is 2.06. The second-order valence-electron chi connectivity index (χ2n) is 3.34. The molecule has 2 rings (SSSR count). The van der Waals surface area contributed by atoms with Gasteiger partial charge in [0.15, 0.2) is 0 Å². The summed E-state index contributed by atoms with van der Waals surface area (Å²) in [4.78, 5) is 10.8. The second-order valence-corrected chi connectivity index (χ2v) is 3.34. The number of carbonyl (C=O) groups is 1. The zero-order valence-electron chi connectivity index (χ0n) is 8.05. The molecule has 78 valence electrons. The van der Waals surface area contributed by atoms with Gasteiger partial charge in [0.25, 0.3) is 0 Å². The minimum Gasteiger partial charge on any atom is -0.464 e. The van der Waals surface area contributed by atoms with Crippen molar-refractivity contribution in [2.75, 3.05) is 6.61 Å². The Kier molecular flexibility index (Phi) is 2.43. The molecule has 2 aromatic rings. The third-order valence-electron chi connectivity index (χ3n) is 2.36. The summed E-state index contributed by atoms with van der Waals surface area (Å²) in [5.41, 5.74) is 1.68. The van der Waals surface area contributed by atoms with Gasteiger partial charge in [-0.2, -0.15) is 0 Å². The molecule has 1 aromatic heterocycles. The minimum absolute atomic E-state index is 0.102. The predicted octanol–water partition coefficient (Wildman–Crippen LogP) is 1.70. The van der Waals surface area contributed by atoms with Crippen molar-refractivity contribution >= 4 is 17.0 Å². The lowest BCUT2D eigenvalue weighted by Gasteiger charge is -2.00. The molecule has 2 N–H and O–H groups in total. The van der Waals surface area contributed by atoms with Gasteiger partial charge < -0.3 is 10.2 Å². The molecule has 0 saturated heterocycles. The van der Waals surface area contributed by atoms with E-state index in [4.69, 9.17) is 10.2 Å². The summed E-state index contributed by atoms with van der Waals surface area (Å²) < 4.78 is 1.18. The van der Waals surface area contributed by atoms with Crippen LogP contribution in [0.2, 0.25) is 0 Å². The van der Waals surface area contributed by atoms with Crippen molar-refractivity contribution in [1.82, 2.24) is 4.57 Å². The number of hydrogen-bond donors (Lipinski definition) is 2. The number of fused-ring (bicyclic) bond motifs is 1. The van der Waals surface area contributed by atoms with Crippen LogP contribution in [0.5, 0.6) is 0 Å². The molecule has 0 spiro atoms. The summed E-state index contributed by atoms with van der Waals surface area (Å²) in [6, 6.07) is 7.24. The van der Waals surface area contributed by atoms with Gasteiger partial charge in [0.2, 0.25) is 0 Å². The first-order valence-corrected chi connectivity index (χ1v) is 4.66. The van der Waals surface area contributed by atoms with Crippen molar-refractivity contribution in [3.05, 3.63) is 36.0 Å². The van der Waals surface area contributed by atoms with Crippen molar-refractivity contribution < 1.29 is 15.0 Å². The smallest absolute Gasteiger partial charge is 0.415 e. The molecule has 0 aliphatic carbocycles. The number of nitrogens with zero attached hydrogens (tertiary/aromatic N) is 1. The monoisotopic (exact) mass is 205 g/mol. The highest BCUT2D eigenvalue weighted by molar-refractivity contribution is 5.89. The Bertz CT molecular complexity index is 502. The Labute approximate surface area is 86.4 Å². The van der Waals surface area contributed by atoms with E-state index in [0.29, 0.717) is 11.9 Å². The SMILES string of the molecule is O=C(O)n1ccc2cc(CCO)ccc21. The van der Waals surface area contributed by atoms with Crippen LogP contribution < -0.4 is 0 Å². The fourth-order valence-corrected chi connectivity index (χ4v) is 1.64. The molecule has 0 unspecified atom stereocenters. The minimum atomic E-state index is -0.986. The van der Waals surface area contributed by atoms with Crippen molar-refractivity contribution in [3.8, 4) is 0 Å². The van der Waals surface area contributed by atoms with Gasteiger partial charge in [-0.25, -0.2) is 4.79 Å². The van der Waals surface area contributed by atoms with E-state index < -0.39 is 6.09 Å². The van der Waals surface area contributed by atoms with Crippen molar-refractivity contribution in [3.63, 3.8) is 0 Å². The molecule has 0 radical (unpaired) electrons. The Morgan fingerprint density at radius 3 is 2.80 bits per heavy atom. The molecule has 0 fully saturated rings. The van der Waals surface area contributed by atoms with Crippen molar-refractivity contribution in [1.29, 1.82) is 0 Å². The standard InChI is InChI=1S/C11H11NO3/c13-6-4-8-1-2-10-9(7-8)3-5-12(10)11(14)15/h1-3,5,7,13H,4,6H2,(H,14,15). The maximum absolute atomic E-state index is 10.8. The molecule has 4 nitrogen and oxygen atoms in total. The molecule has 0 bridgehead atoms. The van der Waals surface area contributed by atoms with Gasteiger partial charge in [-0.3, -0.25) is 4.57 Å². The molecule has 0 saturated carbocycles. The fourth-order valence-electron chi connectivity index (χ4n) is 1.64. The highest BCUT2D eigenvalue weighted by Crippen LogP contribution is 2.17. The molecule has 1 aromatic carbocycles. The van der Waals surface area contributed by atoms with Crippen molar-refractivity contribution in [2.45, 2.75) is 6.42 Å². The topological polar surface area (TPSA) is 62.5 Å². The van der Waals surface area contributed by atoms with E-state index in [-0.39, 0.29) is 6.61 Å². The van der Waals surface area contributed by atoms with E-state index in [0.717, 1.165) is 10.9 Å². The number of hydrogen-bond acceptors (Lipinski definition) is 2. The van der Waals surface area contributed by atoms with Crippen LogP contribution in [-0.4, -0.2) is 27.5 Å². The molecule has 0 aliphatic heterocycles. The van der Waals surface area contributed by atoms with Gasteiger partial charge in [-0.05, 0) is 30.2 Å². The summed E-state index contributed by atoms with van der Waals surface area (Å²) in [6.07, 6.45) is 1.13. The van der Waals surface area contributed by atoms with Gasteiger partial charge in [-0.15, -0.1) is 0 Å². The molecule has 0 atom stereocenters. The summed E-state index contributed by atoms with van der Waals surface area (Å²) >= 11 is 0. The van der Waals surface area contributed by atoms with Crippen LogP contribution in [0.4, 0.5) is 4.79 Å². The van der Waals surface area contributed by atoms with E-state index in [1.54, 1.807) is 12.1 Å². The Morgan fingerprint density at radius 2 is 2.13 bits per heavy atom. The van der Waals surface area contributed by atoms with E-state index in [2.05, 4.69) is 0 Å². The van der Waals surface area contributed by atoms with E-state index in [1.807, 2.05) is 12.1 Å². The van der Waals surface area contributed by atoms with Crippen LogP contribution in [0, 0.1) is 0 Å². The van der Waals surface area contributed by atoms with Crippen LogP contribution in [0.1, 0.15) is 5.56 Å². The molecular weight excluding hydrogens is 194 g/mol. The number of aromatic nitrogens is 1. The van der Waals surface area contributed by atoms with E-state index in [9.17, 15) is 4.79 Å². The summed E-state index contributed by atoms with van der Waals surface area (Å²) in [5, 5.41) is 18.5. The fraction of sp³-hybridized carbons (Fsp3) is 0.182. The van der Waals surface area contributed by atoms with Crippen LogP contribution in [0.3, 0.4) is 0 Å².